The fourth-order valence-electron chi connectivity index (χ4n) is 2.43. The molecule has 0 aromatic carbocycles. The van der Waals surface area contributed by atoms with E-state index in [0.717, 1.165) is 0 Å². The number of unbranched alkanes of at least 4 members (excludes halogenated alkanes) is 9. The van der Waals surface area contributed by atoms with Crippen molar-refractivity contribution in [3.05, 3.63) is 0 Å². The van der Waals surface area contributed by atoms with Crippen molar-refractivity contribution in [2.75, 3.05) is 0 Å². The summed E-state index contributed by atoms with van der Waals surface area (Å²) in [4.78, 5) is 0. The predicted octanol–water partition coefficient (Wildman–Crippen LogP) is 7.42. The molecule has 4 heteroatoms. The number of rotatable bonds is 15. The van der Waals surface area contributed by atoms with E-state index in [1.165, 1.54) is 95.2 Å². The predicted molar refractivity (Wildman–Crippen MR) is 114 cm³/mol. The molecule has 0 saturated carbocycles. The molecule has 0 aromatic heterocycles. The molecular weight excluding hydrogens is 343 g/mol. The second-order valence-corrected chi connectivity index (χ2v) is 12.8. The first-order valence-corrected chi connectivity index (χ1v) is 16.4. The van der Waals surface area contributed by atoms with Crippen LogP contribution in [-0.2, 0) is 0 Å². The molecule has 0 bridgehead atoms. The van der Waals surface area contributed by atoms with Crippen LogP contribution in [0.1, 0.15) is 97.8 Å². The van der Waals surface area contributed by atoms with Crippen molar-refractivity contribution in [1.29, 1.82) is 0 Å². The summed E-state index contributed by atoms with van der Waals surface area (Å²) in [6.07, 6.45) is 16.6. The van der Waals surface area contributed by atoms with Gasteiger partial charge in [-0.3, -0.25) is 0 Å². The molecule has 0 N–H and O–H groups in total. The quantitative estimate of drug-likeness (QED) is 0.156. The first-order chi connectivity index (χ1) is 10.7. The van der Waals surface area contributed by atoms with E-state index in [-0.39, 0.29) is 8.83 Å². The largest absolute Gasteiger partial charge is 0.176 e. The number of halogens is 2. The fraction of sp³-hybridized carbons (Fsp3) is 1.00. The molecule has 0 fully saturated rings. The molecule has 0 atom stereocenters. The second-order valence-electron chi connectivity index (χ2n) is 6.40. The van der Waals surface area contributed by atoms with Crippen molar-refractivity contribution in [2.45, 2.75) is 116 Å². The number of hydrogen-bond acceptors (Lipinski definition) is 0. The lowest BCUT2D eigenvalue weighted by Crippen LogP contribution is -2.02. The average Bonchev–Trinajstić information content (AvgIpc) is 2.53. The molecule has 0 aromatic rings. The third-order valence-corrected chi connectivity index (χ3v) is 8.93. The minimum atomic E-state index is -0.815. The van der Waals surface area contributed by atoms with Gasteiger partial charge in [0.05, 0.1) is 0 Å². The molecule has 0 spiro atoms. The third-order valence-electron chi connectivity index (χ3n) is 3.98. The van der Waals surface area contributed by atoms with Crippen LogP contribution < -0.4 is 0 Å². The van der Waals surface area contributed by atoms with Gasteiger partial charge in [-0.2, -0.15) is 22.2 Å². The Morgan fingerprint density at radius 1 is 0.636 bits per heavy atom. The molecule has 0 aliphatic heterocycles. The smallest absolute Gasteiger partial charge is 0.141 e. The van der Waals surface area contributed by atoms with Gasteiger partial charge in [-0.15, -0.1) is 0 Å². The highest BCUT2D eigenvalue weighted by Gasteiger charge is 2.05. The van der Waals surface area contributed by atoms with Crippen LogP contribution in [0, 0.1) is 0 Å². The van der Waals surface area contributed by atoms with Gasteiger partial charge in [0.25, 0.3) is 0 Å². The zero-order valence-electron chi connectivity index (χ0n) is 15.6. The summed E-state index contributed by atoms with van der Waals surface area (Å²) in [5.74, 6) is 0. The lowest BCUT2D eigenvalue weighted by Gasteiger charge is -2.06. The van der Waals surface area contributed by atoms with Crippen LogP contribution in [0.15, 0.2) is 0 Å². The van der Waals surface area contributed by atoms with Crippen molar-refractivity contribution >= 4 is 39.1 Å². The maximum absolute atomic E-state index is 6.38. The highest BCUT2D eigenvalue weighted by Crippen LogP contribution is 2.15. The molecule has 22 heavy (non-hydrogen) atoms. The molecule has 0 heterocycles. The fourth-order valence-corrected chi connectivity index (χ4v) is 6.21. The Labute approximate surface area is 155 Å². The Kier molecular flexibility index (Phi) is 27.9. The second kappa shape index (κ2) is 24.3. The Morgan fingerprint density at radius 3 is 1.41 bits per heavy atom. The molecule has 0 aliphatic carbocycles. The van der Waals surface area contributed by atoms with E-state index >= 15 is 0 Å². The average molecular weight is 386 g/mol. The van der Waals surface area contributed by atoms with E-state index in [0.29, 0.717) is 0 Å². The van der Waals surface area contributed by atoms with Crippen molar-refractivity contribution in [3.63, 3.8) is 0 Å². The summed E-state index contributed by atoms with van der Waals surface area (Å²) in [6, 6.07) is 4.07. The molecule has 0 nitrogen and oxygen atoms in total. The zero-order chi connectivity index (χ0) is 16.9. The van der Waals surface area contributed by atoms with Crippen molar-refractivity contribution in [3.8, 4) is 0 Å². The van der Waals surface area contributed by atoms with Gasteiger partial charge in [-0.05, 0) is 18.1 Å². The summed E-state index contributed by atoms with van der Waals surface area (Å²) in [5, 5.41) is 0. The van der Waals surface area contributed by atoms with E-state index in [9.17, 15) is 0 Å². The molecule has 0 unspecified atom stereocenters. The van der Waals surface area contributed by atoms with Crippen LogP contribution in [0.4, 0.5) is 0 Å². The highest BCUT2D eigenvalue weighted by atomic mass is 35.6. The first-order valence-electron chi connectivity index (χ1n) is 9.92. The van der Waals surface area contributed by atoms with E-state index in [2.05, 4.69) is 20.8 Å². The maximum Gasteiger partial charge on any atom is 0.141 e. The van der Waals surface area contributed by atoms with Crippen LogP contribution in [0.5, 0.6) is 0 Å². The monoisotopic (exact) mass is 384 g/mol. The van der Waals surface area contributed by atoms with Gasteiger partial charge in [0.2, 0.25) is 0 Å². The molecular formula is C18H42Cl2Si2. The summed E-state index contributed by atoms with van der Waals surface area (Å²) < 4.78 is 0. The molecule has 0 amide bonds. The summed E-state index contributed by atoms with van der Waals surface area (Å²) in [6.45, 7) is 6.76. The number of hydrogen-bond donors (Lipinski definition) is 0. The molecule has 0 rings (SSSR count). The Balaban J connectivity index is 0. The van der Waals surface area contributed by atoms with Crippen LogP contribution in [0.25, 0.3) is 0 Å². The van der Waals surface area contributed by atoms with Crippen LogP contribution >= 0.6 is 22.2 Å². The van der Waals surface area contributed by atoms with Crippen LogP contribution in [-0.4, -0.2) is 16.9 Å². The molecule has 0 aliphatic rings. The van der Waals surface area contributed by atoms with Crippen molar-refractivity contribution < 1.29 is 0 Å². The van der Waals surface area contributed by atoms with Gasteiger partial charge in [0.15, 0.2) is 0 Å². The van der Waals surface area contributed by atoms with Gasteiger partial charge in [-0.25, -0.2) is 0 Å². The topological polar surface area (TPSA) is 0 Å². The molecule has 0 radical (unpaired) electrons. The van der Waals surface area contributed by atoms with Crippen LogP contribution in [0.2, 0.25) is 18.1 Å². The standard InChI is InChI=1S/C12H27ClSi.C6H15ClSi/c1-3-5-7-9-11-14(13)12-10-8-6-4-2;1-2-3-4-5-6-8-7/h14H,3-12H2,1-2H3;2-6,8H2,1H3. The van der Waals surface area contributed by atoms with Gasteiger partial charge in [0.1, 0.15) is 16.9 Å². The normalized spacial score (nSPS) is 11.2. The zero-order valence-corrected chi connectivity index (χ0v) is 19.7. The summed E-state index contributed by atoms with van der Waals surface area (Å²) in [5.41, 5.74) is 0. The lowest BCUT2D eigenvalue weighted by molar-refractivity contribution is 0.688. The lowest BCUT2D eigenvalue weighted by atomic mass is 10.2. The maximum atomic E-state index is 6.38. The van der Waals surface area contributed by atoms with Gasteiger partial charge >= 0.3 is 0 Å². The molecule has 136 valence electrons. The van der Waals surface area contributed by atoms with E-state index in [4.69, 9.17) is 22.2 Å². The van der Waals surface area contributed by atoms with Gasteiger partial charge < -0.3 is 0 Å². The Morgan fingerprint density at radius 2 is 1.05 bits per heavy atom. The summed E-state index contributed by atoms with van der Waals surface area (Å²) in [7, 11) is -0.957. The first kappa shape index (κ1) is 25.3. The Bertz CT molecular complexity index is 162. The minimum absolute atomic E-state index is 0.142. The van der Waals surface area contributed by atoms with E-state index < -0.39 is 8.11 Å². The highest BCUT2D eigenvalue weighted by molar-refractivity contribution is 7.06. The summed E-state index contributed by atoms with van der Waals surface area (Å²) >= 11 is 12.0. The minimum Gasteiger partial charge on any atom is -0.176 e. The van der Waals surface area contributed by atoms with Crippen LogP contribution in [0.3, 0.4) is 0 Å². The van der Waals surface area contributed by atoms with Gasteiger partial charge in [0, 0.05) is 0 Å². The third kappa shape index (κ3) is 25.9. The van der Waals surface area contributed by atoms with Gasteiger partial charge in [-0.1, -0.05) is 97.8 Å². The van der Waals surface area contributed by atoms with E-state index in [1.807, 2.05) is 0 Å². The SMILES string of the molecule is CCCCCC[SiH2]Cl.CCCCCC[SiH](Cl)CCCCCC. The van der Waals surface area contributed by atoms with Crippen molar-refractivity contribution in [2.24, 2.45) is 0 Å². The van der Waals surface area contributed by atoms with E-state index in [1.54, 1.807) is 0 Å². The molecule has 0 saturated heterocycles. The van der Waals surface area contributed by atoms with Crippen molar-refractivity contribution in [1.82, 2.24) is 0 Å². The Hall–Kier alpha value is 1.01.